The van der Waals surface area contributed by atoms with Gasteiger partial charge in [-0.1, -0.05) is 12.1 Å². The number of halogens is 3. The molecule has 0 saturated heterocycles. The number of hydrogen-bond donors (Lipinski definition) is 0. The Morgan fingerprint density at radius 2 is 1.68 bits per heavy atom. The number of carbonyl (C=O) groups excluding carboxylic acids is 2. The Morgan fingerprint density at radius 3 is 2.32 bits per heavy atom. The smallest absolute Gasteiger partial charge is 0.416 e. The van der Waals surface area contributed by atoms with Gasteiger partial charge in [0.25, 0.3) is 5.91 Å². The summed E-state index contributed by atoms with van der Waals surface area (Å²) in [5.41, 5.74) is 3.46. The Morgan fingerprint density at radius 1 is 0.974 bits per heavy atom. The van der Waals surface area contributed by atoms with Crippen LogP contribution >= 0.6 is 0 Å². The Labute approximate surface area is 218 Å². The highest BCUT2D eigenvalue weighted by Crippen LogP contribution is 2.39. The third-order valence-corrected chi connectivity index (χ3v) is 6.57. The SMILES string of the molecule is COC(=O)C1=C(C)N(c2cccc(C(F)(F)F)c2)C(=O)C1=Cc1cc(C)n(-c2cc(C)ccc2OC)c1C. The predicted octanol–water partition coefficient (Wildman–Crippen LogP) is 6.31. The monoisotopic (exact) mass is 524 g/mol. The van der Waals surface area contributed by atoms with Crippen LogP contribution in [0.5, 0.6) is 5.75 Å². The summed E-state index contributed by atoms with van der Waals surface area (Å²) in [5, 5.41) is 0. The van der Waals surface area contributed by atoms with Crippen LogP contribution < -0.4 is 9.64 Å². The van der Waals surface area contributed by atoms with Gasteiger partial charge in [-0.05, 0) is 81.3 Å². The summed E-state index contributed by atoms with van der Waals surface area (Å²) in [7, 11) is 2.77. The minimum Gasteiger partial charge on any atom is -0.495 e. The van der Waals surface area contributed by atoms with E-state index in [-0.39, 0.29) is 22.5 Å². The molecule has 0 spiro atoms. The Bertz CT molecular complexity index is 1510. The molecule has 0 radical (unpaired) electrons. The van der Waals surface area contributed by atoms with E-state index in [9.17, 15) is 22.8 Å². The zero-order chi connectivity index (χ0) is 27.9. The molecule has 198 valence electrons. The van der Waals surface area contributed by atoms with Gasteiger partial charge in [-0.3, -0.25) is 9.69 Å². The van der Waals surface area contributed by atoms with Crippen LogP contribution in [0.1, 0.15) is 35.0 Å². The number of aryl methyl sites for hydroxylation is 2. The van der Waals surface area contributed by atoms with E-state index in [0.717, 1.165) is 39.7 Å². The number of alkyl halides is 3. The fourth-order valence-corrected chi connectivity index (χ4v) is 4.75. The Hall–Kier alpha value is -4.27. The van der Waals surface area contributed by atoms with Gasteiger partial charge in [0.2, 0.25) is 0 Å². The predicted molar refractivity (Wildman–Crippen MR) is 138 cm³/mol. The van der Waals surface area contributed by atoms with Crippen molar-refractivity contribution < 1.29 is 32.2 Å². The molecule has 0 unspecified atom stereocenters. The van der Waals surface area contributed by atoms with Gasteiger partial charge in [-0.25, -0.2) is 4.79 Å². The van der Waals surface area contributed by atoms with Crippen molar-refractivity contribution in [1.82, 2.24) is 4.57 Å². The molecule has 2 aromatic carbocycles. The van der Waals surface area contributed by atoms with Gasteiger partial charge in [0.15, 0.2) is 0 Å². The minimum absolute atomic E-state index is 0.00194. The molecule has 2 heterocycles. The first kappa shape index (κ1) is 26.8. The molecule has 0 fully saturated rings. The first-order chi connectivity index (χ1) is 17.9. The van der Waals surface area contributed by atoms with Crippen molar-refractivity contribution >= 4 is 23.6 Å². The number of methoxy groups -OCH3 is 2. The van der Waals surface area contributed by atoms with Crippen molar-refractivity contribution in [1.29, 1.82) is 0 Å². The van der Waals surface area contributed by atoms with Crippen LogP contribution in [0, 0.1) is 20.8 Å². The number of amides is 1. The van der Waals surface area contributed by atoms with Crippen molar-refractivity contribution in [2.24, 2.45) is 0 Å². The summed E-state index contributed by atoms with van der Waals surface area (Å²) in [6, 6.07) is 12.1. The molecule has 0 atom stereocenters. The molecule has 0 saturated carbocycles. The van der Waals surface area contributed by atoms with Crippen LogP contribution in [0.3, 0.4) is 0 Å². The van der Waals surface area contributed by atoms with Crippen molar-refractivity contribution in [3.05, 3.63) is 93.5 Å². The molecule has 1 aliphatic heterocycles. The molecule has 9 heteroatoms. The summed E-state index contributed by atoms with van der Waals surface area (Å²) in [6.07, 6.45) is -3.01. The first-order valence-corrected chi connectivity index (χ1v) is 11.8. The van der Waals surface area contributed by atoms with Crippen LogP contribution in [0.15, 0.2) is 65.4 Å². The zero-order valence-electron chi connectivity index (χ0n) is 21.9. The van der Waals surface area contributed by atoms with E-state index in [1.165, 1.54) is 26.2 Å². The number of aromatic nitrogens is 1. The number of benzene rings is 2. The van der Waals surface area contributed by atoms with Crippen LogP contribution in [0.4, 0.5) is 18.9 Å². The molecule has 4 rings (SSSR count). The van der Waals surface area contributed by atoms with Gasteiger partial charge < -0.3 is 14.0 Å². The molecule has 0 bridgehead atoms. The molecular weight excluding hydrogens is 497 g/mol. The number of carbonyl (C=O) groups is 2. The van der Waals surface area contributed by atoms with Gasteiger partial charge in [0.1, 0.15) is 5.75 Å². The largest absolute Gasteiger partial charge is 0.495 e. The maximum Gasteiger partial charge on any atom is 0.416 e. The number of ether oxygens (including phenoxy) is 2. The average Bonchev–Trinajstić information content (AvgIpc) is 3.28. The molecule has 3 aromatic rings. The van der Waals surface area contributed by atoms with Crippen LogP contribution in [0.2, 0.25) is 0 Å². The third kappa shape index (κ3) is 4.60. The van der Waals surface area contributed by atoms with Gasteiger partial charge >= 0.3 is 12.1 Å². The highest BCUT2D eigenvalue weighted by atomic mass is 19.4. The average molecular weight is 525 g/mol. The summed E-state index contributed by atoms with van der Waals surface area (Å²) in [5.74, 6) is -0.721. The summed E-state index contributed by atoms with van der Waals surface area (Å²) >= 11 is 0. The van der Waals surface area contributed by atoms with E-state index in [1.807, 2.05) is 49.6 Å². The normalized spacial score (nSPS) is 15.0. The summed E-state index contributed by atoms with van der Waals surface area (Å²) in [6.45, 7) is 7.26. The number of esters is 1. The standard InChI is InChI=1S/C29H27F3N2O4/c1-16-10-11-25(37-5)24(12-16)33-17(2)13-20(18(33)3)14-23-26(28(36)38-6)19(4)34(27(23)35)22-9-7-8-21(15-22)29(30,31)32/h7-15H,1-6H3. The van der Waals surface area contributed by atoms with Crippen LogP contribution in [-0.2, 0) is 20.5 Å². The van der Waals surface area contributed by atoms with E-state index >= 15 is 0 Å². The van der Waals surface area contributed by atoms with Crippen LogP contribution in [-0.4, -0.2) is 30.7 Å². The fourth-order valence-electron chi connectivity index (χ4n) is 4.75. The number of anilines is 1. The number of nitrogens with zero attached hydrogens (tertiary/aromatic N) is 2. The molecular formula is C29H27F3N2O4. The van der Waals surface area contributed by atoms with Crippen molar-refractivity contribution in [2.75, 3.05) is 19.1 Å². The second kappa shape index (κ2) is 9.89. The van der Waals surface area contributed by atoms with Crippen molar-refractivity contribution in [3.63, 3.8) is 0 Å². The van der Waals surface area contributed by atoms with Crippen LogP contribution in [0.25, 0.3) is 11.8 Å². The lowest BCUT2D eigenvalue weighted by Gasteiger charge is -2.19. The van der Waals surface area contributed by atoms with Gasteiger partial charge in [-0.2, -0.15) is 13.2 Å². The van der Waals surface area contributed by atoms with Gasteiger partial charge in [0.05, 0.1) is 36.6 Å². The first-order valence-electron chi connectivity index (χ1n) is 11.8. The van der Waals surface area contributed by atoms with Crippen molar-refractivity contribution in [3.8, 4) is 11.4 Å². The molecule has 0 N–H and O–H groups in total. The second-order valence-corrected chi connectivity index (χ2v) is 9.04. The quantitative estimate of drug-likeness (QED) is 0.290. The lowest BCUT2D eigenvalue weighted by molar-refractivity contribution is -0.137. The van der Waals surface area contributed by atoms with E-state index in [4.69, 9.17) is 9.47 Å². The van der Waals surface area contributed by atoms with Gasteiger partial charge in [-0.15, -0.1) is 0 Å². The maximum absolute atomic E-state index is 13.6. The second-order valence-electron chi connectivity index (χ2n) is 9.04. The zero-order valence-corrected chi connectivity index (χ0v) is 21.9. The van der Waals surface area contributed by atoms with E-state index in [0.29, 0.717) is 11.3 Å². The molecule has 0 aliphatic carbocycles. The Balaban J connectivity index is 1.87. The third-order valence-electron chi connectivity index (χ3n) is 6.57. The van der Waals surface area contributed by atoms with Gasteiger partial charge in [0, 0.05) is 22.8 Å². The highest BCUT2D eigenvalue weighted by molar-refractivity contribution is 6.23. The Kier molecular flexibility index (Phi) is 6.97. The fraction of sp³-hybridized carbons (Fsp3) is 0.241. The highest BCUT2D eigenvalue weighted by Gasteiger charge is 2.39. The molecule has 38 heavy (non-hydrogen) atoms. The summed E-state index contributed by atoms with van der Waals surface area (Å²) < 4.78 is 52.6. The molecule has 6 nitrogen and oxygen atoms in total. The lowest BCUT2D eigenvalue weighted by atomic mass is 10.0. The van der Waals surface area contributed by atoms with Crippen molar-refractivity contribution in [2.45, 2.75) is 33.9 Å². The topological polar surface area (TPSA) is 60.8 Å². The lowest BCUT2D eigenvalue weighted by Crippen LogP contribution is -2.25. The maximum atomic E-state index is 13.6. The van der Waals surface area contributed by atoms with E-state index < -0.39 is 23.6 Å². The molecule has 1 amide bonds. The minimum atomic E-state index is -4.59. The van der Waals surface area contributed by atoms with E-state index in [1.54, 1.807) is 13.2 Å². The number of allylic oxidation sites excluding steroid dienone is 1. The molecule has 1 aliphatic rings. The van der Waals surface area contributed by atoms with E-state index in [2.05, 4.69) is 0 Å². The molecule has 1 aromatic heterocycles. The summed E-state index contributed by atoms with van der Waals surface area (Å²) in [4.78, 5) is 27.5. The number of hydrogen-bond acceptors (Lipinski definition) is 4. The number of rotatable bonds is 5.